The molecule has 0 aliphatic carbocycles. The van der Waals surface area contributed by atoms with Gasteiger partial charge in [-0.2, -0.15) is 0 Å². The summed E-state index contributed by atoms with van der Waals surface area (Å²) in [6, 6.07) is 5.62. The largest absolute Gasteiger partial charge is 0.372 e. The van der Waals surface area contributed by atoms with Gasteiger partial charge in [0.2, 0.25) is 5.91 Å². The van der Waals surface area contributed by atoms with Gasteiger partial charge in [-0.1, -0.05) is 12.1 Å². The maximum absolute atomic E-state index is 12.5. The van der Waals surface area contributed by atoms with Crippen LogP contribution < -0.4 is 5.56 Å². The summed E-state index contributed by atoms with van der Waals surface area (Å²) in [6.45, 7) is 8.87. The average molecular weight is 371 g/mol. The van der Waals surface area contributed by atoms with Crippen LogP contribution in [0.4, 0.5) is 0 Å². The predicted molar refractivity (Wildman–Crippen MR) is 104 cm³/mol. The predicted octanol–water partition coefficient (Wildman–Crippen LogP) is 1.46. The number of rotatable bonds is 3. The first-order valence-corrected chi connectivity index (χ1v) is 10.0. The molecule has 1 amide bonds. The fourth-order valence-electron chi connectivity index (χ4n) is 4.91. The van der Waals surface area contributed by atoms with Gasteiger partial charge in [-0.25, -0.2) is 0 Å². The third-order valence-electron chi connectivity index (χ3n) is 5.91. The van der Waals surface area contributed by atoms with Crippen molar-refractivity contribution in [2.75, 3.05) is 32.7 Å². The van der Waals surface area contributed by atoms with E-state index in [0.29, 0.717) is 24.9 Å². The lowest BCUT2D eigenvalue weighted by molar-refractivity contribution is -0.138. The highest BCUT2D eigenvalue weighted by Gasteiger charge is 2.34. The molecule has 0 aromatic carbocycles. The number of aromatic nitrogens is 1. The number of nitrogens with zero attached hydrogens (tertiary/aromatic N) is 3. The highest BCUT2D eigenvalue weighted by Crippen LogP contribution is 2.34. The molecule has 1 aromatic rings. The Morgan fingerprint density at radius 1 is 1.15 bits per heavy atom. The molecule has 2 bridgehead atoms. The van der Waals surface area contributed by atoms with E-state index in [1.165, 1.54) is 5.69 Å². The van der Waals surface area contributed by atoms with Gasteiger partial charge in [-0.05, 0) is 32.3 Å². The van der Waals surface area contributed by atoms with Gasteiger partial charge in [-0.3, -0.25) is 14.5 Å². The summed E-state index contributed by atoms with van der Waals surface area (Å²) in [5.41, 5.74) is 1.29. The van der Waals surface area contributed by atoms with Gasteiger partial charge in [0.25, 0.3) is 5.56 Å². The Morgan fingerprint density at radius 2 is 1.93 bits per heavy atom. The molecule has 27 heavy (non-hydrogen) atoms. The minimum absolute atomic E-state index is 0.0751. The molecule has 1 aromatic heterocycles. The van der Waals surface area contributed by atoms with Gasteiger partial charge >= 0.3 is 0 Å². The quantitative estimate of drug-likeness (QED) is 0.755. The number of carbonyl (C=O) groups excluding carboxylic acids is 1. The first-order valence-electron chi connectivity index (χ1n) is 10.0. The van der Waals surface area contributed by atoms with Gasteiger partial charge in [0, 0.05) is 63.0 Å². The summed E-state index contributed by atoms with van der Waals surface area (Å²) < 4.78 is 7.65. The van der Waals surface area contributed by atoms with Crippen LogP contribution >= 0.6 is 0 Å². The molecule has 6 heteroatoms. The van der Waals surface area contributed by atoms with Gasteiger partial charge in [0.05, 0.1) is 12.2 Å². The second kappa shape index (κ2) is 7.60. The fraction of sp³-hybridized carbons (Fsp3) is 0.619. The molecular formula is C21H29N3O3. The molecular weight excluding hydrogens is 342 g/mol. The Bertz CT molecular complexity index is 777. The lowest BCUT2D eigenvalue weighted by Gasteiger charge is -2.42. The first kappa shape index (κ1) is 18.4. The third-order valence-corrected chi connectivity index (χ3v) is 5.91. The minimum atomic E-state index is 0.0751. The second-order valence-corrected chi connectivity index (χ2v) is 8.32. The topological polar surface area (TPSA) is 54.8 Å². The Labute approximate surface area is 160 Å². The zero-order valence-electron chi connectivity index (χ0n) is 16.2. The lowest BCUT2D eigenvalue weighted by Crippen LogP contribution is -2.48. The van der Waals surface area contributed by atoms with Crippen LogP contribution in [0, 0.1) is 5.92 Å². The molecule has 4 unspecified atom stereocenters. The van der Waals surface area contributed by atoms with Crippen molar-refractivity contribution in [3.8, 4) is 0 Å². The smallest absolute Gasteiger partial charge is 0.250 e. The van der Waals surface area contributed by atoms with E-state index in [4.69, 9.17) is 4.74 Å². The van der Waals surface area contributed by atoms with Gasteiger partial charge in [-0.15, -0.1) is 0 Å². The highest BCUT2D eigenvalue weighted by molar-refractivity contribution is 5.87. The molecule has 4 heterocycles. The Balaban J connectivity index is 1.35. The van der Waals surface area contributed by atoms with Crippen molar-refractivity contribution in [1.82, 2.24) is 14.4 Å². The molecule has 6 nitrogen and oxygen atoms in total. The van der Waals surface area contributed by atoms with E-state index in [1.807, 2.05) is 35.5 Å². The molecule has 4 atom stereocenters. The molecule has 146 valence electrons. The van der Waals surface area contributed by atoms with Crippen molar-refractivity contribution < 1.29 is 9.53 Å². The van der Waals surface area contributed by atoms with E-state index in [0.717, 1.165) is 32.6 Å². The van der Waals surface area contributed by atoms with Crippen LogP contribution in [0.25, 0.3) is 0 Å². The summed E-state index contributed by atoms with van der Waals surface area (Å²) >= 11 is 0. The minimum Gasteiger partial charge on any atom is -0.372 e. The lowest BCUT2D eigenvalue weighted by atomic mass is 9.83. The van der Waals surface area contributed by atoms with Crippen LogP contribution in [-0.2, 0) is 16.1 Å². The number of pyridine rings is 1. The number of fused-ring (bicyclic) bond motifs is 4. The summed E-state index contributed by atoms with van der Waals surface area (Å²) in [5.74, 6) is 1.00. The van der Waals surface area contributed by atoms with Crippen LogP contribution in [0.1, 0.15) is 31.9 Å². The van der Waals surface area contributed by atoms with Crippen LogP contribution in [-0.4, -0.2) is 65.2 Å². The molecule has 2 fully saturated rings. The Hall–Kier alpha value is -1.92. The molecule has 0 N–H and O–H groups in total. The van der Waals surface area contributed by atoms with Crippen LogP contribution in [0.5, 0.6) is 0 Å². The zero-order valence-corrected chi connectivity index (χ0v) is 16.2. The molecule has 0 spiro atoms. The SMILES string of the molecule is CC1CN(C(=O)C=CCN2CC3CC(C2)c2cccc(=O)n2C3)CC(C)O1. The summed E-state index contributed by atoms with van der Waals surface area (Å²) in [5, 5.41) is 0. The molecule has 4 rings (SSSR count). The van der Waals surface area contributed by atoms with E-state index in [2.05, 4.69) is 11.0 Å². The normalized spacial score (nSPS) is 31.1. The van der Waals surface area contributed by atoms with Gasteiger partial charge in [0.1, 0.15) is 0 Å². The van der Waals surface area contributed by atoms with Crippen molar-refractivity contribution in [3.05, 3.63) is 46.4 Å². The monoisotopic (exact) mass is 371 g/mol. The zero-order chi connectivity index (χ0) is 19.0. The van der Waals surface area contributed by atoms with Crippen LogP contribution in [0.3, 0.4) is 0 Å². The Kier molecular flexibility index (Phi) is 5.19. The van der Waals surface area contributed by atoms with E-state index in [1.54, 1.807) is 12.1 Å². The van der Waals surface area contributed by atoms with Crippen molar-refractivity contribution in [3.63, 3.8) is 0 Å². The molecule has 0 radical (unpaired) electrons. The Morgan fingerprint density at radius 3 is 2.70 bits per heavy atom. The van der Waals surface area contributed by atoms with E-state index in [9.17, 15) is 9.59 Å². The van der Waals surface area contributed by atoms with Gasteiger partial charge < -0.3 is 14.2 Å². The maximum Gasteiger partial charge on any atom is 0.250 e. The standard InChI is InChI=1S/C21H29N3O3/c1-15-10-23(11-16(2)27-15)20(25)7-4-8-22-12-17-9-18(14-22)19-5-3-6-21(26)24(19)13-17/h3-7,15-18H,8-14H2,1-2H3. The number of likely N-dealkylation sites (tertiary alicyclic amines) is 1. The molecule has 3 aliphatic heterocycles. The summed E-state index contributed by atoms with van der Waals surface area (Å²) in [4.78, 5) is 28.9. The highest BCUT2D eigenvalue weighted by atomic mass is 16.5. The average Bonchev–Trinajstić information content (AvgIpc) is 2.62. The van der Waals surface area contributed by atoms with Gasteiger partial charge in [0.15, 0.2) is 0 Å². The second-order valence-electron chi connectivity index (χ2n) is 8.32. The first-order chi connectivity index (χ1) is 13.0. The molecule has 2 saturated heterocycles. The number of morpholine rings is 1. The molecule has 3 aliphatic rings. The van der Waals surface area contributed by atoms with E-state index < -0.39 is 0 Å². The molecule has 0 saturated carbocycles. The summed E-state index contributed by atoms with van der Waals surface area (Å²) in [7, 11) is 0. The van der Waals surface area contributed by atoms with E-state index >= 15 is 0 Å². The number of carbonyl (C=O) groups is 1. The van der Waals surface area contributed by atoms with Crippen LogP contribution in [0.2, 0.25) is 0 Å². The summed E-state index contributed by atoms with van der Waals surface area (Å²) in [6.07, 6.45) is 5.05. The number of hydrogen-bond acceptors (Lipinski definition) is 4. The number of ether oxygens (including phenoxy) is 1. The third kappa shape index (κ3) is 4.01. The number of hydrogen-bond donors (Lipinski definition) is 0. The van der Waals surface area contributed by atoms with Crippen molar-refractivity contribution in [1.29, 1.82) is 0 Å². The van der Waals surface area contributed by atoms with Crippen molar-refractivity contribution in [2.24, 2.45) is 5.92 Å². The number of amides is 1. The van der Waals surface area contributed by atoms with Crippen molar-refractivity contribution in [2.45, 2.75) is 44.9 Å². The fourth-order valence-corrected chi connectivity index (χ4v) is 4.91. The maximum atomic E-state index is 12.5. The van der Waals surface area contributed by atoms with Crippen LogP contribution in [0.15, 0.2) is 35.1 Å². The van der Waals surface area contributed by atoms with E-state index in [-0.39, 0.29) is 23.7 Å². The van der Waals surface area contributed by atoms with Crippen molar-refractivity contribution >= 4 is 5.91 Å². The number of piperidine rings is 1.